The summed E-state index contributed by atoms with van der Waals surface area (Å²) in [6.45, 7) is 11.0. The van der Waals surface area contributed by atoms with Crippen molar-refractivity contribution in [2.24, 2.45) is 0 Å². The molecule has 0 aliphatic rings. The molecule has 0 saturated heterocycles. The average molecular weight is 423 g/mol. The van der Waals surface area contributed by atoms with E-state index in [1.807, 2.05) is 0 Å². The third-order valence-electron chi connectivity index (χ3n) is 2.81. The van der Waals surface area contributed by atoms with Crippen LogP contribution >= 0.6 is 39.5 Å². The fraction of sp³-hybridized carbons (Fsp3) is 0.500. The van der Waals surface area contributed by atoms with E-state index in [2.05, 4.69) is 74.1 Å². The maximum absolute atomic E-state index is 3.27. The van der Waals surface area contributed by atoms with E-state index in [0.29, 0.717) is 0 Å². The van der Waals surface area contributed by atoms with Crippen LogP contribution in [0.2, 0.25) is 0 Å². The van der Waals surface area contributed by atoms with Crippen LogP contribution in [0, 0.1) is 34.6 Å². The second kappa shape index (κ2) is 6.95. The van der Waals surface area contributed by atoms with Crippen molar-refractivity contribution in [3.05, 3.63) is 27.8 Å². The molecule has 1 aromatic rings. The summed E-state index contributed by atoms with van der Waals surface area (Å²) in [5.74, 6) is 0. The van der Waals surface area contributed by atoms with Gasteiger partial charge in [0.25, 0.3) is 0 Å². The number of rotatable bonds is 0. The number of halogens is 3. The van der Waals surface area contributed by atoms with Crippen LogP contribution < -0.4 is 0 Å². The zero-order chi connectivity index (χ0) is 11.5. The van der Waals surface area contributed by atoms with Crippen LogP contribution in [0.15, 0.2) is 0 Å². The first kappa shape index (κ1) is 15.5. The van der Waals surface area contributed by atoms with Crippen LogP contribution in [0.5, 0.6) is 0 Å². The van der Waals surface area contributed by atoms with Crippen molar-refractivity contribution >= 4 is 39.5 Å². The molecule has 0 aliphatic carbocycles. The minimum atomic E-state index is -0.896. The first-order chi connectivity index (χ1) is 6.29. The molecule has 0 aliphatic heterocycles. The predicted octanol–water partition coefficient (Wildman–Crippen LogP) is 5.48. The van der Waals surface area contributed by atoms with Gasteiger partial charge in [0.2, 0.25) is 0 Å². The van der Waals surface area contributed by atoms with Gasteiger partial charge < -0.3 is 0 Å². The van der Waals surface area contributed by atoms with Gasteiger partial charge in [-0.3, -0.25) is 0 Å². The van der Waals surface area contributed by atoms with Gasteiger partial charge in [0.15, 0.2) is 0 Å². The van der Waals surface area contributed by atoms with Crippen molar-refractivity contribution in [3.63, 3.8) is 0 Å². The summed E-state index contributed by atoms with van der Waals surface area (Å²) in [7, 11) is 0. The van der Waals surface area contributed by atoms with E-state index in [0.717, 1.165) is 0 Å². The molecule has 0 unspecified atom stereocenters. The van der Waals surface area contributed by atoms with Crippen LogP contribution in [-0.4, -0.2) is 0 Å². The van der Waals surface area contributed by atoms with E-state index in [4.69, 9.17) is 0 Å². The van der Waals surface area contributed by atoms with Crippen molar-refractivity contribution in [1.29, 1.82) is 0 Å². The van der Waals surface area contributed by atoms with E-state index in [9.17, 15) is 0 Å². The van der Waals surface area contributed by atoms with Crippen LogP contribution in [0.1, 0.15) is 27.8 Å². The Hall–Kier alpha value is 1.50. The number of hydrogen-bond acceptors (Lipinski definition) is 0. The molecule has 1 aromatic carbocycles. The minimum absolute atomic E-state index is 0.896. The Bertz CT molecular complexity index is 220. The molecule has 0 N–H and O–H groups in total. The van der Waals surface area contributed by atoms with E-state index in [1.54, 1.807) is 0 Å². The van der Waals surface area contributed by atoms with Crippen molar-refractivity contribution in [2.75, 3.05) is 0 Å². The second-order valence-electron chi connectivity index (χ2n) is 3.34. The second-order valence-corrected chi connectivity index (χ2v) is 27.0. The monoisotopic (exact) mass is 420 g/mol. The Morgan fingerprint density at radius 1 is 0.857 bits per heavy atom. The standard InChI is InChI=1S/C10H15.3BrH.Ti/c1-6-7(2)9(4)10(5)8(6)3;;;;/h1-5H3;3*1H;/q-1;;;;+3/p-3. The quantitative estimate of drug-likeness (QED) is 0.383. The molecule has 0 heterocycles. The van der Waals surface area contributed by atoms with Gasteiger partial charge >= 0.3 is 51.1 Å². The molecule has 0 radical (unpaired) electrons. The van der Waals surface area contributed by atoms with Gasteiger partial charge in [-0.25, -0.2) is 0 Å². The normalized spacial score (nSPS) is 9.43. The molecule has 0 amide bonds. The Morgan fingerprint density at radius 2 is 1.07 bits per heavy atom. The van der Waals surface area contributed by atoms with Crippen molar-refractivity contribution in [3.8, 4) is 0 Å². The molecule has 0 bridgehead atoms. The third-order valence-corrected chi connectivity index (χ3v) is 2.81. The topological polar surface area (TPSA) is 0 Å². The molecule has 0 aromatic heterocycles. The molecular formula is C10H15Br3Ti-. The molecule has 4 heteroatoms. The predicted molar refractivity (Wildman–Crippen MR) is 72.5 cm³/mol. The van der Waals surface area contributed by atoms with Gasteiger partial charge in [0.05, 0.1) is 0 Å². The summed E-state index contributed by atoms with van der Waals surface area (Å²) in [5, 5.41) is 0. The van der Waals surface area contributed by atoms with Crippen LogP contribution in [0.4, 0.5) is 0 Å². The maximum atomic E-state index is 3.27. The molecule has 1 rings (SSSR count). The van der Waals surface area contributed by atoms with E-state index in [1.165, 1.54) is 27.8 Å². The van der Waals surface area contributed by atoms with Crippen LogP contribution in [0.25, 0.3) is 0 Å². The first-order valence-corrected chi connectivity index (χ1v) is 15.9. The summed E-state index contributed by atoms with van der Waals surface area (Å²) in [6, 6.07) is 0. The summed E-state index contributed by atoms with van der Waals surface area (Å²) >= 11 is 8.92. The first-order valence-electron chi connectivity index (χ1n) is 4.32. The molecule has 0 spiro atoms. The van der Waals surface area contributed by atoms with Crippen molar-refractivity contribution in [2.45, 2.75) is 34.6 Å². The Balaban J connectivity index is 0.000000364. The zero-order valence-corrected chi connectivity index (χ0v) is 15.5. The zero-order valence-electron chi connectivity index (χ0n) is 9.13. The molecule has 0 nitrogen and oxygen atoms in total. The SMILES string of the molecule is Cc1c(C)c(C)[c-](C)c1C.[Br][Ti]([Br])[Br]. The van der Waals surface area contributed by atoms with E-state index >= 15 is 0 Å². The Kier molecular flexibility index (Phi) is 7.70. The molecule has 14 heavy (non-hydrogen) atoms. The van der Waals surface area contributed by atoms with E-state index in [-0.39, 0.29) is 0 Å². The van der Waals surface area contributed by atoms with Gasteiger partial charge in [-0.15, -0.1) is 0 Å². The van der Waals surface area contributed by atoms with Crippen LogP contribution in [-0.2, 0) is 11.6 Å². The fourth-order valence-electron chi connectivity index (χ4n) is 1.41. The molecule has 81 valence electrons. The van der Waals surface area contributed by atoms with Gasteiger partial charge in [-0.2, -0.15) is 27.8 Å². The van der Waals surface area contributed by atoms with Gasteiger partial charge in [0, 0.05) is 0 Å². The molecule has 0 saturated carbocycles. The molecule has 0 atom stereocenters. The average Bonchev–Trinajstić information content (AvgIpc) is 2.23. The summed E-state index contributed by atoms with van der Waals surface area (Å²) in [6.07, 6.45) is 0. The Morgan fingerprint density at radius 3 is 1.14 bits per heavy atom. The van der Waals surface area contributed by atoms with Crippen molar-refractivity contribution in [1.82, 2.24) is 0 Å². The Labute approximate surface area is 112 Å². The van der Waals surface area contributed by atoms with Gasteiger partial charge in [-0.05, 0) is 0 Å². The summed E-state index contributed by atoms with van der Waals surface area (Å²) in [5.41, 5.74) is 7.34. The molecular weight excluding hydrogens is 408 g/mol. The summed E-state index contributed by atoms with van der Waals surface area (Å²) in [4.78, 5) is 0. The van der Waals surface area contributed by atoms with Gasteiger partial charge in [0.1, 0.15) is 0 Å². The van der Waals surface area contributed by atoms with Crippen LogP contribution in [0.3, 0.4) is 0 Å². The third kappa shape index (κ3) is 4.57. The fourth-order valence-corrected chi connectivity index (χ4v) is 1.41. The molecule has 0 fully saturated rings. The van der Waals surface area contributed by atoms with Gasteiger partial charge in [-0.1, -0.05) is 34.6 Å². The summed E-state index contributed by atoms with van der Waals surface area (Å²) < 4.78 is 0. The van der Waals surface area contributed by atoms with Crippen molar-refractivity contribution < 1.29 is 11.6 Å². The number of hydrogen-bond donors (Lipinski definition) is 0. The van der Waals surface area contributed by atoms with E-state index < -0.39 is 11.6 Å².